The molecule has 106 valence electrons. The summed E-state index contributed by atoms with van der Waals surface area (Å²) in [5.74, 6) is -0.516. The first-order valence-electron chi connectivity index (χ1n) is 6.43. The summed E-state index contributed by atoms with van der Waals surface area (Å²) < 4.78 is 14.0. The van der Waals surface area contributed by atoms with Crippen LogP contribution in [0, 0.1) is 5.82 Å². The Morgan fingerprint density at radius 2 is 2.05 bits per heavy atom. The fraction of sp³-hybridized carbons (Fsp3) is 0.0625. The summed E-state index contributed by atoms with van der Waals surface area (Å²) >= 11 is 3.34. The quantitative estimate of drug-likeness (QED) is 0.739. The van der Waals surface area contributed by atoms with Gasteiger partial charge in [-0.3, -0.25) is 4.79 Å². The largest absolute Gasteiger partial charge is 0.361 e. The van der Waals surface area contributed by atoms with Gasteiger partial charge >= 0.3 is 0 Å². The topological polar surface area (TPSA) is 44.9 Å². The Kier molecular flexibility index (Phi) is 3.75. The molecule has 0 saturated heterocycles. The Hall–Kier alpha value is -2.14. The smallest absolute Gasteiger partial charge is 0.251 e. The molecule has 0 bridgehead atoms. The number of aromatic amines is 1. The summed E-state index contributed by atoms with van der Waals surface area (Å²) in [6, 6.07) is 11.8. The lowest BCUT2D eigenvalue weighted by Gasteiger charge is -2.07. The van der Waals surface area contributed by atoms with Crippen molar-refractivity contribution in [3.8, 4) is 0 Å². The normalized spacial score (nSPS) is 10.8. The van der Waals surface area contributed by atoms with Crippen LogP contribution in [0.25, 0.3) is 10.9 Å². The number of carbonyl (C=O) groups excluding carboxylic acids is 1. The second-order valence-electron chi connectivity index (χ2n) is 4.70. The summed E-state index contributed by atoms with van der Waals surface area (Å²) in [6.45, 7) is 0.264. The van der Waals surface area contributed by atoms with E-state index in [1.54, 1.807) is 18.2 Å². The predicted octanol–water partition coefficient (Wildman–Crippen LogP) is 4.00. The van der Waals surface area contributed by atoms with Crippen LogP contribution in [-0.2, 0) is 6.54 Å². The minimum absolute atomic E-state index is 0.192. The van der Waals surface area contributed by atoms with E-state index in [-0.39, 0.29) is 18.3 Å². The fourth-order valence-electron chi connectivity index (χ4n) is 2.15. The summed E-state index contributed by atoms with van der Waals surface area (Å²) in [4.78, 5) is 15.2. The number of aromatic nitrogens is 1. The van der Waals surface area contributed by atoms with E-state index in [4.69, 9.17) is 0 Å². The molecule has 0 aliphatic rings. The lowest BCUT2D eigenvalue weighted by Crippen LogP contribution is -2.23. The number of halogens is 2. The van der Waals surface area contributed by atoms with Gasteiger partial charge in [0, 0.05) is 28.3 Å². The zero-order valence-corrected chi connectivity index (χ0v) is 12.6. The van der Waals surface area contributed by atoms with Gasteiger partial charge in [-0.05, 0) is 47.3 Å². The lowest BCUT2D eigenvalue weighted by atomic mass is 10.1. The molecule has 21 heavy (non-hydrogen) atoms. The highest BCUT2D eigenvalue weighted by atomic mass is 79.9. The van der Waals surface area contributed by atoms with E-state index < -0.39 is 0 Å². The van der Waals surface area contributed by atoms with E-state index >= 15 is 0 Å². The minimum atomic E-state index is -0.324. The van der Waals surface area contributed by atoms with E-state index in [2.05, 4.69) is 26.2 Å². The molecule has 0 spiro atoms. The van der Waals surface area contributed by atoms with E-state index in [0.29, 0.717) is 11.1 Å². The second kappa shape index (κ2) is 5.69. The first kappa shape index (κ1) is 13.8. The maximum Gasteiger partial charge on any atom is 0.251 e. The molecule has 1 aromatic heterocycles. The minimum Gasteiger partial charge on any atom is -0.361 e. The summed E-state index contributed by atoms with van der Waals surface area (Å²) in [6.07, 6.45) is 1.83. The van der Waals surface area contributed by atoms with Crippen molar-refractivity contribution in [2.45, 2.75) is 6.54 Å². The van der Waals surface area contributed by atoms with E-state index in [1.807, 2.05) is 18.3 Å². The molecule has 1 heterocycles. The van der Waals surface area contributed by atoms with E-state index in [1.165, 1.54) is 12.1 Å². The zero-order valence-electron chi connectivity index (χ0n) is 11.0. The molecule has 0 radical (unpaired) electrons. The first-order chi connectivity index (χ1) is 10.1. The molecule has 0 aliphatic carbocycles. The first-order valence-corrected chi connectivity index (χ1v) is 7.22. The molecule has 5 heteroatoms. The Balaban J connectivity index is 1.75. The lowest BCUT2D eigenvalue weighted by molar-refractivity contribution is 0.0951. The average molecular weight is 347 g/mol. The van der Waals surface area contributed by atoms with Crippen molar-refractivity contribution >= 4 is 32.7 Å². The number of benzene rings is 2. The number of rotatable bonds is 3. The third-order valence-corrected chi connectivity index (χ3v) is 4.04. The summed E-state index contributed by atoms with van der Waals surface area (Å²) in [5, 5.41) is 3.85. The maximum absolute atomic E-state index is 13.2. The van der Waals surface area contributed by atoms with Crippen molar-refractivity contribution in [3.05, 3.63) is 70.1 Å². The van der Waals surface area contributed by atoms with Gasteiger partial charge in [-0.15, -0.1) is 0 Å². The molecular formula is C16H12BrFN2O. The number of H-pyrrole nitrogens is 1. The molecule has 0 unspecified atom stereocenters. The molecule has 3 aromatic rings. The van der Waals surface area contributed by atoms with Crippen LogP contribution in [0.5, 0.6) is 0 Å². The van der Waals surface area contributed by atoms with Crippen LogP contribution in [0.15, 0.2) is 53.1 Å². The molecule has 3 rings (SSSR count). The number of fused-ring (bicyclic) bond motifs is 1. The van der Waals surface area contributed by atoms with Gasteiger partial charge in [-0.2, -0.15) is 0 Å². The fourth-order valence-corrected chi connectivity index (χ4v) is 2.53. The Bertz CT molecular complexity index is 813. The monoisotopic (exact) mass is 346 g/mol. The number of hydrogen-bond acceptors (Lipinski definition) is 1. The van der Waals surface area contributed by atoms with E-state index in [9.17, 15) is 9.18 Å². The highest BCUT2D eigenvalue weighted by molar-refractivity contribution is 9.10. The standard InChI is InChI=1S/C16H12BrFN2O/c17-14-4-3-13(18)7-12(14)9-20-16(21)11-2-1-10-5-6-19-15(10)8-11/h1-8,19H,9H2,(H,20,21). The van der Waals surface area contributed by atoms with Crippen LogP contribution in [0.4, 0.5) is 4.39 Å². The highest BCUT2D eigenvalue weighted by Crippen LogP contribution is 2.18. The molecule has 0 atom stereocenters. The molecule has 2 N–H and O–H groups in total. The Morgan fingerprint density at radius 3 is 2.90 bits per heavy atom. The number of amides is 1. The van der Waals surface area contributed by atoms with Crippen LogP contribution < -0.4 is 5.32 Å². The van der Waals surface area contributed by atoms with Gasteiger partial charge in [0.2, 0.25) is 0 Å². The van der Waals surface area contributed by atoms with Gasteiger partial charge in [0.1, 0.15) is 5.82 Å². The van der Waals surface area contributed by atoms with Crippen molar-refractivity contribution in [3.63, 3.8) is 0 Å². The number of hydrogen-bond donors (Lipinski definition) is 2. The van der Waals surface area contributed by atoms with Crippen molar-refractivity contribution in [2.24, 2.45) is 0 Å². The van der Waals surface area contributed by atoms with Crippen molar-refractivity contribution in [1.29, 1.82) is 0 Å². The maximum atomic E-state index is 13.2. The Morgan fingerprint density at radius 1 is 1.19 bits per heavy atom. The molecule has 1 amide bonds. The van der Waals surface area contributed by atoms with E-state index in [0.717, 1.165) is 15.4 Å². The number of nitrogens with one attached hydrogen (secondary N) is 2. The molecular weight excluding hydrogens is 335 g/mol. The second-order valence-corrected chi connectivity index (χ2v) is 5.55. The predicted molar refractivity (Wildman–Crippen MR) is 83.6 cm³/mol. The molecule has 2 aromatic carbocycles. The van der Waals surface area contributed by atoms with Crippen LogP contribution in [0.1, 0.15) is 15.9 Å². The van der Waals surface area contributed by atoms with Crippen LogP contribution in [0.3, 0.4) is 0 Å². The van der Waals surface area contributed by atoms with Crippen LogP contribution in [0.2, 0.25) is 0 Å². The van der Waals surface area contributed by atoms with Gasteiger partial charge in [0.15, 0.2) is 0 Å². The van der Waals surface area contributed by atoms with Gasteiger partial charge in [0.25, 0.3) is 5.91 Å². The molecule has 3 nitrogen and oxygen atoms in total. The summed E-state index contributed by atoms with van der Waals surface area (Å²) in [5.41, 5.74) is 2.18. The highest BCUT2D eigenvalue weighted by Gasteiger charge is 2.08. The van der Waals surface area contributed by atoms with Gasteiger partial charge in [0.05, 0.1) is 0 Å². The SMILES string of the molecule is O=C(NCc1cc(F)ccc1Br)c1ccc2cc[nH]c2c1. The molecule has 0 fully saturated rings. The third kappa shape index (κ3) is 2.97. The van der Waals surface area contributed by atoms with Crippen molar-refractivity contribution in [1.82, 2.24) is 10.3 Å². The average Bonchev–Trinajstić information content (AvgIpc) is 2.95. The van der Waals surface area contributed by atoms with Crippen LogP contribution >= 0.6 is 15.9 Å². The van der Waals surface area contributed by atoms with Crippen LogP contribution in [-0.4, -0.2) is 10.9 Å². The van der Waals surface area contributed by atoms with Gasteiger partial charge in [-0.25, -0.2) is 4.39 Å². The van der Waals surface area contributed by atoms with Crippen molar-refractivity contribution < 1.29 is 9.18 Å². The summed E-state index contributed by atoms with van der Waals surface area (Å²) in [7, 11) is 0. The van der Waals surface area contributed by atoms with Gasteiger partial charge in [-0.1, -0.05) is 22.0 Å². The molecule has 0 saturated carbocycles. The Labute approximate surface area is 129 Å². The van der Waals surface area contributed by atoms with Gasteiger partial charge < -0.3 is 10.3 Å². The van der Waals surface area contributed by atoms with Crippen molar-refractivity contribution in [2.75, 3.05) is 0 Å². The molecule has 0 aliphatic heterocycles. The number of carbonyl (C=O) groups is 1. The zero-order chi connectivity index (χ0) is 14.8. The third-order valence-electron chi connectivity index (χ3n) is 3.26.